The van der Waals surface area contributed by atoms with Crippen LogP contribution in [0.15, 0.2) is 36.2 Å². The molecule has 0 radical (unpaired) electrons. The Morgan fingerprint density at radius 3 is 2.58 bits per heavy atom. The number of imidazole rings is 3. The molecule has 0 aromatic carbocycles. The summed E-state index contributed by atoms with van der Waals surface area (Å²) in [5.41, 5.74) is 7.04. The molecule has 2 aliphatic heterocycles. The van der Waals surface area contributed by atoms with E-state index in [1.54, 1.807) is 10.9 Å². The third-order valence-electron chi connectivity index (χ3n) is 8.47. The summed E-state index contributed by atoms with van der Waals surface area (Å²) in [5, 5.41) is 0. The number of anilines is 1. The molecule has 3 N–H and O–H groups in total. The van der Waals surface area contributed by atoms with E-state index in [0.29, 0.717) is 29.0 Å². The lowest BCUT2D eigenvalue weighted by Gasteiger charge is -2.45. The number of nitrogens with one attached hydrogen (secondary N) is 1. The number of aromatic nitrogens is 9. The van der Waals surface area contributed by atoms with Crippen molar-refractivity contribution in [2.24, 2.45) is 11.8 Å². The van der Waals surface area contributed by atoms with Crippen molar-refractivity contribution in [3.63, 3.8) is 0 Å². The first-order chi connectivity index (χ1) is 21.6. The zero-order chi connectivity index (χ0) is 31.1. The van der Waals surface area contributed by atoms with Crippen LogP contribution in [-0.4, -0.2) is 75.5 Å². The van der Waals surface area contributed by atoms with Crippen LogP contribution in [0.1, 0.15) is 25.1 Å². The number of H-pyrrole nitrogens is 1. The van der Waals surface area contributed by atoms with E-state index >= 15 is 0 Å². The molecule has 2 bridgehead atoms. The highest BCUT2D eigenvalue weighted by Crippen LogP contribution is 2.60. The first-order valence-electron chi connectivity index (χ1n) is 13.8. The summed E-state index contributed by atoms with van der Waals surface area (Å²) >= 11 is 8.49. The highest BCUT2D eigenvalue weighted by molar-refractivity contribution is 8.44. The quantitative estimate of drug-likeness (QED) is 0.154. The number of aromatic amines is 1. The highest BCUT2D eigenvalue weighted by Gasteiger charge is 2.47. The molecule has 8 atom stereocenters. The summed E-state index contributed by atoms with van der Waals surface area (Å²) in [6.07, 6.45) is 5.62. The average Bonchev–Trinajstić information content (AvgIpc) is 3.77. The van der Waals surface area contributed by atoms with Crippen LogP contribution in [0, 0.1) is 11.8 Å². The molecule has 5 aromatic rings. The summed E-state index contributed by atoms with van der Waals surface area (Å²) in [4.78, 5) is 37.1. The maximum absolute atomic E-state index is 13.6. The second-order valence-electron chi connectivity index (χ2n) is 11.1. The van der Waals surface area contributed by atoms with Crippen LogP contribution in [0.2, 0.25) is 0 Å². The topological polar surface area (TPSA) is 218 Å². The largest absolute Gasteiger partial charge is 0.386 e. The molecule has 0 unspecified atom stereocenters. The van der Waals surface area contributed by atoms with E-state index in [9.17, 15) is 13.9 Å². The van der Waals surface area contributed by atoms with Gasteiger partial charge in [-0.25, -0.2) is 38.5 Å². The molecule has 0 amide bonds. The number of hydrogen-bond donors (Lipinski definition) is 4. The molecular formula is C23H26N10O8P2S2. The van der Waals surface area contributed by atoms with Gasteiger partial charge >= 0.3 is 13.6 Å². The molecule has 238 valence electrons. The third-order valence-corrected chi connectivity index (χ3v) is 11.8. The minimum atomic E-state index is -3.94. The predicted molar refractivity (Wildman–Crippen MR) is 164 cm³/mol. The number of hydrogen-bond acceptors (Lipinski definition) is 14. The van der Waals surface area contributed by atoms with E-state index < -0.39 is 32.0 Å². The molecule has 7 heterocycles. The number of fused-ring (bicyclic) bond motifs is 6. The van der Waals surface area contributed by atoms with E-state index in [-0.39, 0.29) is 61.0 Å². The van der Waals surface area contributed by atoms with Crippen molar-refractivity contribution in [2.75, 3.05) is 25.6 Å². The van der Waals surface area contributed by atoms with Crippen molar-refractivity contribution in [1.29, 1.82) is 0 Å². The standard InChI is InChI=1S/C23H26N10O8P2S2/c24-18-16-19(27-8-26-18)32(9-28-16)14-3-11-5-37-43(36,45)41-15-4-12(6-38-42(35,44)39-7-13(11)14)40-22(15)33-10-29-17-20(33)30-23-25-1-2-31(23)21(17)34/h1-2,8-15,22H,3-7H2,(H,25,30)(H,35,44)(H,36,45)(H2,24,26,27)/t11-,12+,13-,14-,15-,22-,42-,43+/m1/s1. The van der Waals surface area contributed by atoms with Gasteiger partial charge in [-0.05, 0) is 12.3 Å². The highest BCUT2D eigenvalue weighted by atomic mass is 32.7. The fourth-order valence-corrected chi connectivity index (χ4v) is 8.94. The molecular weight excluding hydrogens is 670 g/mol. The van der Waals surface area contributed by atoms with Crippen LogP contribution >= 0.6 is 38.1 Å². The Balaban J connectivity index is 1.08. The predicted octanol–water partition coefficient (Wildman–Crippen LogP) is 2.78. The molecule has 3 aliphatic rings. The monoisotopic (exact) mass is 696 g/mol. The number of nitrogen functional groups attached to an aromatic ring is 1. The summed E-state index contributed by atoms with van der Waals surface area (Å²) in [7, 11) is 0. The van der Waals surface area contributed by atoms with Crippen molar-refractivity contribution in [1.82, 2.24) is 43.4 Å². The maximum atomic E-state index is 13.6. The fraction of sp³-hybridized carbons (Fsp3) is 0.478. The normalized spacial score (nSPS) is 34.5. The fourth-order valence-electron chi connectivity index (χ4n) is 6.21. The van der Waals surface area contributed by atoms with Gasteiger partial charge in [0.15, 0.2) is 23.2 Å². The number of nitrogens with two attached hydrogens (primary N) is 1. The van der Waals surface area contributed by atoms with Crippen LogP contribution < -0.4 is 11.3 Å². The summed E-state index contributed by atoms with van der Waals surface area (Å²) in [6.45, 7) is -7.97. The lowest BCUT2D eigenvalue weighted by atomic mass is 9.70. The van der Waals surface area contributed by atoms with Gasteiger partial charge in [0.1, 0.15) is 23.6 Å². The number of thiol groups is 2. The van der Waals surface area contributed by atoms with Crippen LogP contribution in [-0.2, 0) is 32.0 Å². The van der Waals surface area contributed by atoms with Gasteiger partial charge in [0.25, 0.3) is 5.56 Å². The molecule has 8 rings (SSSR count). The molecule has 3 fully saturated rings. The van der Waals surface area contributed by atoms with Crippen LogP contribution in [0.5, 0.6) is 0 Å². The Morgan fingerprint density at radius 1 is 0.933 bits per heavy atom. The van der Waals surface area contributed by atoms with Gasteiger partial charge < -0.3 is 29.1 Å². The second-order valence-corrected chi connectivity index (χ2v) is 16.9. The van der Waals surface area contributed by atoms with E-state index in [1.165, 1.54) is 29.4 Å². The molecule has 0 spiro atoms. The van der Waals surface area contributed by atoms with Crippen molar-refractivity contribution in [3.05, 3.63) is 41.7 Å². The zero-order valence-corrected chi connectivity index (χ0v) is 26.7. The Morgan fingerprint density at radius 2 is 1.71 bits per heavy atom. The minimum absolute atomic E-state index is 0.00759. The Labute approximate surface area is 263 Å². The van der Waals surface area contributed by atoms with Crippen LogP contribution in [0.4, 0.5) is 5.82 Å². The van der Waals surface area contributed by atoms with Crippen molar-refractivity contribution in [2.45, 2.75) is 37.3 Å². The van der Waals surface area contributed by atoms with Gasteiger partial charge in [0.2, 0.25) is 5.78 Å². The van der Waals surface area contributed by atoms with Gasteiger partial charge in [0.05, 0.1) is 38.6 Å². The van der Waals surface area contributed by atoms with Gasteiger partial charge in [-0.1, -0.05) is 24.5 Å². The Kier molecular flexibility index (Phi) is 7.16. The van der Waals surface area contributed by atoms with Gasteiger partial charge in [-0.2, -0.15) is 0 Å². The van der Waals surface area contributed by atoms with E-state index in [1.807, 2.05) is 4.57 Å². The van der Waals surface area contributed by atoms with Crippen molar-refractivity contribution in [3.8, 4) is 0 Å². The maximum Gasteiger partial charge on any atom is 0.386 e. The summed E-state index contributed by atoms with van der Waals surface area (Å²) in [6, 6.07) is -0.179. The zero-order valence-electron chi connectivity index (χ0n) is 23.1. The molecule has 45 heavy (non-hydrogen) atoms. The lowest BCUT2D eigenvalue weighted by molar-refractivity contribution is -0.0426. The van der Waals surface area contributed by atoms with E-state index in [0.717, 1.165) is 0 Å². The SMILES string of the molecule is Nc1ncnc2c1ncn2[C@@H]1C[C@@H]2CO[P@](=O)(S)O[C@@H]3C[C@@H](CO[P@@](=O)(S)OC[C@H]21)O[C@H]3n1cnc2c(=O)n3ccnc3[nH]c21. The van der Waals surface area contributed by atoms with Gasteiger partial charge in [-0.3, -0.25) is 18.4 Å². The van der Waals surface area contributed by atoms with E-state index in [4.69, 9.17) is 28.6 Å². The van der Waals surface area contributed by atoms with E-state index in [2.05, 4.69) is 54.4 Å². The number of rotatable bonds is 2. The Bertz CT molecular complexity index is 2100. The molecule has 5 aromatic heterocycles. The molecule has 18 nitrogen and oxygen atoms in total. The molecule has 2 saturated heterocycles. The number of ether oxygens (including phenoxy) is 1. The van der Waals surface area contributed by atoms with Crippen molar-refractivity contribution >= 4 is 72.0 Å². The Hall–Kier alpha value is -2.80. The summed E-state index contributed by atoms with van der Waals surface area (Å²) in [5.74, 6) is 0.0947. The lowest BCUT2D eigenvalue weighted by Crippen LogP contribution is -2.43. The first kappa shape index (κ1) is 29.6. The van der Waals surface area contributed by atoms with Crippen LogP contribution in [0.25, 0.3) is 28.1 Å². The second kappa shape index (κ2) is 10.9. The van der Waals surface area contributed by atoms with Gasteiger partial charge in [-0.15, -0.1) is 0 Å². The first-order valence-corrected chi connectivity index (χ1v) is 19.2. The third kappa shape index (κ3) is 5.21. The van der Waals surface area contributed by atoms with Crippen molar-refractivity contribution < 1.29 is 32.0 Å². The molecule has 1 aliphatic carbocycles. The molecule has 1 saturated carbocycles. The average molecular weight is 697 g/mol. The molecule has 22 heteroatoms. The van der Waals surface area contributed by atoms with Gasteiger partial charge in [0, 0.05) is 30.8 Å². The summed E-state index contributed by atoms with van der Waals surface area (Å²) < 4.78 is 61.0. The smallest absolute Gasteiger partial charge is 0.382 e. The van der Waals surface area contributed by atoms with Crippen LogP contribution in [0.3, 0.4) is 0 Å². The minimum Gasteiger partial charge on any atom is -0.382 e. The number of nitrogens with zero attached hydrogens (tertiary/aromatic N) is 8.